The first kappa shape index (κ1) is 16.5. The molecule has 0 fully saturated rings. The smallest absolute Gasteiger partial charge is 0.399 e. The van der Waals surface area contributed by atoms with Gasteiger partial charge in [0.25, 0.3) is 0 Å². The Labute approximate surface area is 136 Å². The molecule has 2 aromatic rings. The highest BCUT2D eigenvalue weighted by molar-refractivity contribution is 5.86. The van der Waals surface area contributed by atoms with Crippen LogP contribution in [0.15, 0.2) is 53.7 Å². The van der Waals surface area contributed by atoms with Crippen molar-refractivity contribution in [1.29, 1.82) is 0 Å². The van der Waals surface area contributed by atoms with Crippen molar-refractivity contribution >= 4 is 23.2 Å². The van der Waals surface area contributed by atoms with E-state index in [1.165, 1.54) is 5.56 Å². The van der Waals surface area contributed by atoms with E-state index in [-0.39, 0.29) is 0 Å². The van der Waals surface area contributed by atoms with E-state index >= 15 is 0 Å². The van der Waals surface area contributed by atoms with Crippen molar-refractivity contribution in [3.8, 4) is 0 Å². The lowest BCUT2D eigenvalue weighted by atomic mass is 10.0. The molecule has 3 N–H and O–H groups in total. The Kier molecular flexibility index (Phi) is 5.74. The van der Waals surface area contributed by atoms with Crippen molar-refractivity contribution in [1.82, 2.24) is 0 Å². The van der Waals surface area contributed by atoms with Crippen molar-refractivity contribution in [2.45, 2.75) is 26.7 Å². The molecule has 0 aromatic heterocycles. The predicted octanol–water partition coefficient (Wildman–Crippen LogP) is 4.19. The number of amides is 1. The van der Waals surface area contributed by atoms with Gasteiger partial charge >= 0.3 is 6.09 Å². The number of hydrogen-bond donors (Lipinski definition) is 2. The molecular formula is C18H21N3O2. The topological polar surface area (TPSA) is 76.7 Å². The zero-order chi connectivity index (χ0) is 16.7. The molecule has 0 aliphatic rings. The molecule has 120 valence electrons. The van der Waals surface area contributed by atoms with Crippen LogP contribution in [0.3, 0.4) is 0 Å². The number of carbonyl (C=O) groups is 1. The summed E-state index contributed by atoms with van der Waals surface area (Å²) in [5.41, 5.74) is 10.2. The van der Waals surface area contributed by atoms with Gasteiger partial charge in [0.05, 0.1) is 5.71 Å². The molecular weight excluding hydrogens is 290 g/mol. The average Bonchev–Trinajstić information content (AvgIpc) is 2.56. The molecule has 2 aromatic carbocycles. The maximum absolute atomic E-state index is 11.6. The van der Waals surface area contributed by atoms with E-state index in [9.17, 15) is 4.79 Å². The Balaban J connectivity index is 1.91. The third-order valence-electron chi connectivity index (χ3n) is 3.38. The molecule has 2 rings (SSSR count). The second-order valence-electron chi connectivity index (χ2n) is 5.30. The van der Waals surface area contributed by atoms with Crippen molar-refractivity contribution in [2.24, 2.45) is 5.16 Å². The minimum atomic E-state index is -0.593. The number of benzene rings is 2. The SMILES string of the molecule is CC/C(C)=N\OC(=O)Nc1ccc(Cc2ccc(N)cc2)cc1. The molecule has 0 heterocycles. The Morgan fingerprint density at radius 2 is 1.65 bits per heavy atom. The van der Waals surface area contributed by atoms with E-state index in [4.69, 9.17) is 10.6 Å². The van der Waals surface area contributed by atoms with E-state index in [2.05, 4.69) is 10.5 Å². The highest BCUT2D eigenvalue weighted by Crippen LogP contribution is 2.15. The first-order valence-corrected chi connectivity index (χ1v) is 7.51. The normalized spacial score (nSPS) is 11.1. The second kappa shape index (κ2) is 7.98. The fraction of sp³-hybridized carbons (Fsp3) is 0.222. The highest BCUT2D eigenvalue weighted by atomic mass is 16.7. The molecule has 0 spiro atoms. The van der Waals surface area contributed by atoms with Crippen LogP contribution in [0, 0.1) is 0 Å². The summed E-state index contributed by atoms with van der Waals surface area (Å²) in [7, 11) is 0. The molecule has 0 atom stereocenters. The van der Waals surface area contributed by atoms with Gasteiger partial charge in [-0.15, -0.1) is 0 Å². The molecule has 0 aliphatic carbocycles. The van der Waals surface area contributed by atoms with Gasteiger partial charge in [-0.05, 0) is 55.2 Å². The Bertz CT molecular complexity index is 676. The summed E-state index contributed by atoms with van der Waals surface area (Å²) in [5.74, 6) is 0. The number of nitrogen functional groups attached to an aromatic ring is 1. The number of carbonyl (C=O) groups excluding carboxylic acids is 1. The Hall–Kier alpha value is -2.82. The maximum Gasteiger partial charge on any atom is 0.437 e. The van der Waals surface area contributed by atoms with Gasteiger partial charge in [0.15, 0.2) is 0 Å². The molecule has 23 heavy (non-hydrogen) atoms. The zero-order valence-corrected chi connectivity index (χ0v) is 13.4. The number of nitrogens with one attached hydrogen (secondary N) is 1. The lowest BCUT2D eigenvalue weighted by Crippen LogP contribution is -2.11. The number of oxime groups is 1. The van der Waals surface area contributed by atoms with E-state index in [1.807, 2.05) is 55.5 Å². The second-order valence-corrected chi connectivity index (χ2v) is 5.30. The number of hydrogen-bond acceptors (Lipinski definition) is 4. The summed E-state index contributed by atoms with van der Waals surface area (Å²) in [6.45, 7) is 3.75. The van der Waals surface area contributed by atoms with E-state index in [1.54, 1.807) is 6.92 Å². The van der Waals surface area contributed by atoms with Crippen LogP contribution in [0.4, 0.5) is 16.2 Å². The van der Waals surface area contributed by atoms with Crippen LogP contribution in [0.1, 0.15) is 31.4 Å². The van der Waals surface area contributed by atoms with Gasteiger partial charge in [0, 0.05) is 11.4 Å². The standard InChI is InChI=1S/C18H21N3O2/c1-3-13(2)21-23-18(22)20-17-10-6-15(7-11-17)12-14-4-8-16(19)9-5-14/h4-11H,3,12,19H2,1-2H3,(H,20,22)/b21-13-. The van der Waals surface area contributed by atoms with Crippen LogP contribution < -0.4 is 11.1 Å². The monoisotopic (exact) mass is 311 g/mol. The van der Waals surface area contributed by atoms with Gasteiger partial charge in [-0.3, -0.25) is 10.2 Å². The van der Waals surface area contributed by atoms with Crippen molar-refractivity contribution in [3.63, 3.8) is 0 Å². The van der Waals surface area contributed by atoms with Gasteiger partial charge in [-0.1, -0.05) is 36.3 Å². The van der Waals surface area contributed by atoms with E-state index in [0.717, 1.165) is 29.8 Å². The van der Waals surface area contributed by atoms with Gasteiger partial charge in [-0.25, -0.2) is 4.79 Å². The zero-order valence-electron chi connectivity index (χ0n) is 13.4. The first-order chi connectivity index (χ1) is 11.1. The average molecular weight is 311 g/mol. The molecule has 0 saturated carbocycles. The van der Waals surface area contributed by atoms with Crippen molar-refractivity contribution in [3.05, 3.63) is 59.7 Å². The summed E-state index contributed by atoms with van der Waals surface area (Å²) in [6, 6.07) is 15.4. The van der Waals surface area contributed by atoms with Gasteiger partial charge < -0.3 is 5.73 Å². The van der Waals surface area contributed by atoms with Crippen LogP contribution in [0.2, 0.25) is 0 Å². The fourth-order valence-corrected chi connectivity index (χ4v) is 1.90. The first-order valence-electron chi connectivity index (χ1n) is 7.51. The minimum absolute atomic E-state index is 0.593. The van der Waals surface area contributed by atoms with Crippen molar-refractivity contribution < 1.29 is 9.63 Å². The van der Waals surface area contributed by atoms with Crippen LogP contribution in [-0.4, -0.2) is 11.8 Å². The van der Waals surface area contributed by atoms with Crippen LogP contribution in [-0.2, 0) is 11.3 Å². The van der Waals surface area contributed by atoms with Crippen LogP contribution >= 0.6 is 0 Å². The van der Waals surface area contributed by atoms with Crippen LogP contribution in [0.25, 0.3) is 0 Å². The number of nitrogens with zero attached hydrogens (tertiary/aromatic N) is 1. The molecule has 5 nitrogen and oxygen atoms in total. The number of rotatable bonds is 5. The largest absolute Gasteiger partial charge is 0.437 e. The lowest BCUT2D eigenvalue weighted by Gasteiger charge is -2.06. The minimum Gasteiger partial charge on any atom is -0.399 e. The summed E-state index contributed by atoms with van der Waals surface area (Å²) >= 11 is 0. The summed E-state index contributed by atoms with van der Waals surface area (Å²) < 4.78 is 0. The number of nitrogens with two attached hydrogens (primary N) is 1. The van der Waals surface area contributed by atoms with Gasteiger partial charge in [0.1, 0.15) is 0 Å². The molecule has 0 aliphatic heterocycles. The highest BCUT2D eigenvalue weighted by Gasteiger charge is 2.03. The lowest BCUT2D eigenvalue weighted by molar-refractivity contribution is 0.166. The molecule has 0 saturated heterocycles. The Morgan fingerprint density at radius 1 is 1.09 bits per heavy atom. The molecule has 5 heteroatoms. The molecule has 0 bridgehead atoms. The molecule has 0 radical (unpaired) electrons. The fourth-order valence-electron chi connectivity index (χ4n) is 1.90. The van der Waals surface area contributed by atoms with E-state index in [0.29, 0.717) is 5.69 Å². The van der Waals surface area contributed by atoms with Crippen molar-refractivity contribution in [2.75, 3.05) is 11.1 Å². The quantitative estimate of drug-likeness (QED) is 0.376. The molecule has 1 amide bonds. The van der Waals surface area contributed by atoms with Crippen LogP contribution in [0.5, 0.6) is 0 Å². The predicted molar refractivity (Wildman–Crippen MR) is 93.6 cm³/mol. The maximum atomic E-state index is 11.6. The van der Waals surface area contributed by atoms with Gasteiger partial charge in [0.2, 0.25) is 0 Å². The van der Waals surface area contributed by atoms with E-state index < -0.39 is 6.09 Å². The summed E-state index contributed by atoms with van der Waals surface area (Å²) in [6.07, 6.45) is 0.960. The summed E-state index contributed by atoms with van der Waals surface area (Å²) in [4.78, 5) is 16.4. The molecule has 0 unspecified atom stereocenters. The summed E-state index contributed by atoms with van der Waals surface area (Å²) in [5, 5.41) is 6.35. The Morgan fingerprint density at radius 3 is 2.22 bits per heavy atom. The number of anilines is 2. The van der Waals surface area contributed by atoms with Gasteiger partial charge in [-0.2, -0.15) is 0 Å². The third-order valence-corrected chi connectivity index (χ3v) is 3.38. The third kappa shape index (κ3) is 5.47.